The maximum Gasteiger partial charge on any atom is 0.319 e. The zero-order valence-corrected chi connectivity index (χ0v) is 16.2. The molecule has 7 nitrogen and oxygen atoms in total. The smallest absolute Gasteiger partial charge is 0.319 e. The number of aryl methyl sites for hydroxylation is 1. The molecule has 1 fully saturated rings. The van der Waals surface area contributed by atoms with Crippen LogP contribution < -0.4 is 10.6 Å². The number of likely N-dealkylation sites (N-methyl/N-ethyl adjacent to an activating group) is 1. The maximum atomic E-state index is 13.3. The van der Waals surface area contributed by atoms with Crippen LogP contribution in [0.3, 0.4) is 0 Å². The molecular weight excluding hydrogens is 373 g/mol. The minimum Gasteiger partial charge on any atom is -0.337 e. The van der Waals surface area contributed by atoms with Crippen molar-refractivity contribution in [2.75, 3.05) is 18.9 Å². The van der Waals surface area contributed by atoms with Gasteiger partial charge >= 0.3 is 6.03 Å². The van der Waals surface area contributed by atoms with E-state index >= 15 is 0 Å². The fourth-order valence-corrected chi connectivity index (χ4v) is 3.50. The average molecular weight is 395 g/mol. The van der Waals surface area contributed by atoms with Gasteiger partial charge in [0.05, 0.1) is 6.04 Å². The molecule has 0 bridgehead atoms. The Bertz CT molecular complexity index is 1000. The second kappa shape index (κ2) is 8.00. The summed E-state index contributed by atoms with van der Waals surface area (Å²) in [5.41, 5.74) is 2.47. The van der Waals surface area contributed by atoms with Crippen LogP contribution in [-0.4, -0.2) is 40.7 Å². The summed E-state index contributed by atoms with van der Waals surface area (Å²) in [7, 11) is 1.95. The summed E-state index contributed by atoms with van der Waals surface area (Å²) < 4.78 is 18.7. The second-order valence-corrected chi connectivity index (χ2v) is 7.32. The van der Waals surface area contributed by atoms with Gasteiger partial charge in [0, 0.05) is 23.8 Å². The van der Waals surface area contributed by atoms with E-state index in [1.165, 1.54) is 17.7 Å². The van der Waals surface area contributed by atoms with Crippen LogP contribution >= 0.6 is 0 Å². The number of amides is 2. The van der Waals surface area contributed by atoms with Crippen molar-refractivity contribution in [2.45, 2.75) is 25.4 Å². The summed E-state index contributed by atoms with van der Waals surface area (Å²) in [6.07, 6.45) is 0.641. The molecule has 4 rings (SSSR count). The number of nitrogens with zero attached hydrogens (tertiary/aromatic N) is 3. The zero-order valence-electron chi connectivity index (χ0n) is 16.2. The molecule has 150 valence electrons. The molecule has 1 aromatic heterocycles. The van der Waals surface area contributed by atoms with Gasteiger partial charge in [-0.05, 0) is 38.6 Å². The number of aromatic nitrogens is 2. The first-order valence-electron chi connectivity index (χ1n) is 9.42. The summed E-state index contributed by atoms with van der Waals surface area (Å²) in [5, 5.41) is 9.66. The number of hydrogen-bond acceptors (Lipinski definition) is 5. The molecule has 2 amide bonds. The molecule has 0 aliphatic carbocycles. The highest BCUT2D eigenvalue weighted by Gasteiger charge is 2.35. The number of carbonyl (C=O) groups is 1. The maximum absolute atomic E-state index is 13.3. The first kappa shape index (κ1) is 19.1. The van der Waals surface area contributed by atoms with Gasteiger partial charge in [-0.25, -0.2) is 9.18 Å². The third kappa shape index (κ3) is 4.43. The molecule has 2 atom stereocenters. The van der Waals surface area contributed by atoms with Crippen molar-refractivity contribution < 1.29 is 13.7 Å². The van der Waals surface area contributed by atoms with E-state index in [1.807, 2.05) is 38.2 Å². The molecule has 2 heterocycles. The molecule has 1 saturated heterocycles. The van der Waals surface area contributed by atoms with Crippen LogP contribution in [0.4, 0.5) is 14.9 Å². The van der Waals surface area contributed by atoms with Crippen molar-refractivity contribution in [3.63, 3.8) is 0 Å². The molecule has 2 N–H and O–H groups in total. The number of halogens is 1. The van der Waals surface area contributed by atoms with Crippen LogP contribution in [0.5, 0.6) is 0 Å². The van der Waals surface area contributed by atoms with Crippen molar-refractivity contribution in [3.05, 3.63) is 65.8 Å². The first-order valence-corrected chi connectivity index (χ1v) is 9.42. The molecule has 0 saturated carbocycles. The molecule has 0 radical (unpaired) electrons. The fourth-order valence-electron chi connectivity index (χ4n) is 3.50. The molecule has 0 spiro atoms. The minimum atomic E-state index is -0.399. The van der Waals surface area contributed by atoms with Gasteiger partial charge < -0.3 is 15.2 Å². The first-order chi connectivity index (χ1) is 14.0. The minimum absolute atomic E-state index is 0.0823. The lowest BCUT2D eigenvalue weighted by molar-refractivity contribution is 0.243. The standard InChI is InChI=1S/C21H22FN5O2/c1-13-6-8-14(9-7-13)19-25-20(29-26-19)18-11-17(12-27(18)2)24-21(28)23-16-5-3-4-15(22)10-16/h3-10,17-18H,11-12H2,1-2H3,(H2,23,24,28). The van der Waals surface area contributed by atoms with Crippen LogP contribution in [0.25, 0.3) is 11.4 Å². The predicted molar refractivity (Wildman–Crippen MR) is 107 cm³/mol. The SMILES string of the molecule is Cc1ccc(-c2noc(C3CC(NC(=O)Nc4cccc(F)c4)CN3C)n2)cc1. The number of urea groups is 1. The Labute approximate surface area is 167 Å². The molecule has 1 aliphatic rings. The third-order valence-electron chi connectivity index (χ3n) is 5.00. The van der Waals surface area contributed by atoms with Gasteiger partial charge in [0.25, 0.3) is 0 Å². The summed E-state index contributed by atoms with van der Waals surface area (Å²) in [6.45, 7) is 2.67. The summed E-state index contributed by atoms with van der Waals surface area (Å²) in [5.74, 6) is 0.677. The highest BCUT2D eigenvalue weighted by molar-refractivity contribution is 5.89. The van der Waals surface area contributed by atoms with Crippen LogP contribution in [0, 0.1) is 12.7 Å². The quantitative estimate of drug-likeness (QED) is 0.703. The number of carbonyl (C=O) groups excluding carboxylic acids is 1. The van der Waals surface area contributed by atoms with Crippen molar-refractivity contribution >= 4 is 11.7 Å². The molecular formula is C21H22FN5O2. The van der Waals surface area contributed by atoms with Gasteiger partial charge in [-0.3, -0.25) is 4.90 Å². The van der Waals surface area contributed by atoms with E-state index in [1.54, 1.807) is 12.1 Å². The number of benzene rings is 2. The highest BCUT2D eigenvalue weighted by atomic mass is 19.1. The summed E-state index contributed by atoms with van der Waals surface area (Å²) in [4.78, 5) is 18.8. The molecule has 8 heteroatoms. The predicted octanol–water partition coefficient (Wildman–Crippen LogP) is 3.75. The van der Waals surface area contributed by atoms with Crippen LogP contribution in [0.2, 0.25) is 0 Å². The van der Waals surface area contributed by atoms with Gasteiger partial charge in [0.15, 0.2) is 0 Å². The van der Waals surface area contributed by atoms with Crippen LogP contribution in [0.15, 0.2) is 53.1 Å². The van der Waals surface area contributed by atoms with E-state index in [9.17, 15) is 9.18 Å². The van der Waals surface area contributed by atoms with E-state index in [-0.39, 0.29) is 18.1 Å². The van der Waals surface area contributed by atoms with Gasteiger partial charge in [-0.1, -0.05) is 41.1 Å². The summed E-state index contributed by atoms with van der Waals surface area (Å²) >= 11 is 0. The highest BCUT2D eigenvalue weighted by Crippen LogP contribution is 2.31. The normalized spacial score (nSPS) is 19.3. The molecule has 29 heavy (non-hydrogen) atoms. The zero-order chi connectivity index (χ0) is 20.4. The Morgan fingerprint density at radius 2 is 2.03 bits per heavy atom. The Balaban J connectivity index is 1.38. The van der Waals surface area contributed by atoms with Crippen molar-refractivity contribution in [2.24, 2.45) is 0 Å². The Morgan fingerprint density at radius 1 is 1.24 bits per heavy atom. The molecule has 1 aliphatic heterocycles. The Kier molecular flexibility index (Phi) is 5.26. The molecule has 3 aromatic rings. The van der Waals surface area contributed by atoms with Gasteiger partial charge in [-0.15, -0.1) is 0 Å². The number of anilines is 1. The lowest BCUT2D eigenvalue weighted by Crippen LogP contribution is -2.39. The number of rotatable bonds is 4. The van der Waals surface area contributed by atoms with E-state index < -0.39 is 5.82 Å². The van der Waals surface area contributed by atoms with E-state index in [2.05, 4.69) is 25.7 Å². The molecule has 2 unspecified atom stereocenters. The van der Waals surface area contributed by atoms with Gasteiger partial charge in [-0.2, -0.15) is 4.98 Å². The Morgan fingerprint density at radius 3 is 2.79 bits per heavy atom. The summed E-state index contributed by atoms with van der Waals surface area (Å²) in [6, 6.07) is 13.2. The Hall–Kier alpha value is -3.26. The lowest BCUT2D eigenvalue weighted by Gasteiger charge is -2.14. The van der Waals surface area contributed by atoms with Gasteiger partial charge in [0.1, 0.15) is 5.82 Å². The van der Waals surface area contributed by atoms with E-state index in [0.717, 1.165) is 5.56 Å². The van der Waals surface area contributed by atoms with Crippen molar-refractivity contribution in [1.29, 1.82) is 0 Å². The average Bonchev–Trinajstić information content (AvgIpc) is 3.29. The van der Waals surface area contributed by atoms with E-state index in [0.29, 0.717) is 30.4 Å². The lowest BCUT2D eigenvalue weighted by atomic mass is 10.1. The number of likely N-dealkylation sites (tertiary alicyclic amines) is 1. The fraction of sp³-hybridized carbons (Fsp3) is 0.286. The second-order valence-electron chi connectivity index (χ2n) is 7.32. The third-order valence-corrected chi connectivity index (χ3v) is 5.00. The van der Waals surface area contributed by atoms with Crippen LogP contribution in [0.1, 0.15) is 23.9 Å². The monoisotopic (exact) mass is 395 g/mol. The van der Waals surface area contributed by atoms with Gasteiger partial charge in [0.2, 0.25) is 11.7 Å². The van der Waals surface area contributed by atoms with Crippen LogP contribution in [-0.2, 0) is 0 Å². The topological polar surface area (TPSA) is 83.3 Å². The van der Waals surface area contributed by atoms with Crippen molar-refractivity contribution in [3.8, 4) is 11.4 Å². The van der Waals surface area contributed by atoms with E-state index in [4.69, 9.17) is 4.52 Å². The number of nitrogens with one attached hydrogen (secondary N) is 2. The van der Waals surface area contributed by atoms with Crippen molar-refractivity contribution in [1.82, 2.24) is 20.4 Å². The number of hydrogen-bond donors (Lipinski definition) is 2. The largest absolute Gasteiger partial charge is 0.337 e. The molecule has 2 aromatic carbocycles.